The molecule has 0 heterocycles. The number of nitrogens with one attached hydrogen (secondary N) is 1. The molecule has 1 rings (SSSR count). The third-order valence-corrected chi connectivity index (χ3v) is 3.22. The fourth-order valence-electron chi connectivity index (χ4n) is 1.42. The first-order chi connectivity index (χ1) is 7.63. The van der Waals surface area contributed by atoms with Gasteiger partial charge in [-0.25, -0.2) is 0 Å². The van der Waals surface area contributed by atoms with Gasteiger partial charge in [-0.05, 0) is 30.5 Å². The molecule has 0 aromatic heterocycles. The van der Waals surface area contributed by atoms with Crippen LogP contribution in [0.1, 0.15) is 17.5 Å². The third-order valence-electron chi connectivity index (χ3n) is 2.33. The Morgan fingerprint density at radius 2 is 2.18 bits per heavy atom. The summed E-state index contributed by atoms with van der Waals surface area (Å²) in [4.78, 5) is 11.4. The highest BCUT2D eigenvalue weighted by atomic mass is 79.9. The second-order valence-corrected chi connectivity index (χ2v) is 4.58. The number of benzene rings is 1. The Hall–Kier alpha value is -0.580. The van der Waals surface area contributed by atoms with Gasteiger partial charge in [0.2, 0.25) is 5.91 Å². The van der Waals surface area contributed by atoms with Gasteiger partial charge in [-0.15, -0.1) is 12.4 Å². The van der Waals surface area contributed by atoms with Gasteiger partial charge in [0, 0.05) is 24.0 Å². The molecule has 0 atom stereocenters. The highest BCUT2D eigenvalue weighted by Crippen LogP contribution is 2.17. The van der Waals surface area contributed by atoms with E-state index in [-0.39, 0.29) is 18.3 Å². The van der Waals surface area contributed by atoms with Crippen LogP contribution >= 0.6 is 28.3 Å². The highest BCUT2D eigenvalue weighted by molar-refractivity contribution is 9.10. The third kappa shape index (κ3) is 6.05. The molecule has 0 fully saturated rings. The van der Waals surface area contributed by atoms with Crippen LogP contribution in [-0.2, 0) is 11.2 Å². The molecule has 3 N–H and O–H groups in total. The minimum atomic E-state index is 0. The van der Waals surface area contributed by atoms with Gasteiger partial charge >= 0.3 is 0 Å². The molecule has 0 aliphatic carbocycles. The van der Waals surface area contributed by atoms with E-state index in [4.69, 9.17) is 5.73 Å². The number of hydrogen-bond donors (Lipinski definition) is 2. The second kappa shape index (κ2) is 8.50. The van der Waals surface area contributed by atoms with Crippen LogP contribution in [0.4, 0.5) is 0 Å². The van der Waals surface area contributed by atoms with Gasteiger partial charge in [0.1, 0.15) is 0 Å². The van der Waals surface area contributed by atoms with E-state index in [1.165, 1.54) is 11.1 Å². The van der Waals surface area contributed by atoms with Crippen molar-refractivity contribution in [2.24, 2.45) is 5.73 Å². The Balaban J connectivity index is 0.00000256. The largest absolute Gasteiger partial charge is 0.355 e. The van der Waals surface area contributed by atoms with Crippen molar-refractivity contribution in [1.82, 2.24) is 5.32 Å². The molecule has 3 nitrogen and oxygen atoms in total. The van der Waals surface area contributed by atoms with Crippen molar-refractivity contribution in [2.75, 3.05) is 13.1 Å². The van der Waals surface area contributed by atoms with E-state index in [2.05, 4.69) is 27.3 Å². The quantitative estimate of drug-likeness (QED) is 0.873. The van der Waals surface area contributed by atoms with Crippen LogP contribution < -0.4 is 11.1 Å². The maximum absolute atomic E-state index is 11.4. The maximum atomic E-state index is 11.4. The Morgan fingerprint density at radius 3 is 2.76 bits per heavy atom. The van der Waals surface area contributed by atoms with E-state index >= 15 is 0 Å². The predicted molar refractivity (Wildman–Crippen MR) is 76.5 cm³/mol. The van der Waals surface area contributed by atoms with Crippen LogP contribution in [0.5, 0.6) is 0 Å². The molecule has 1 aromatic rings. The molecule has 0 bridgehead atoms. The fourth-order valence-corrected chi connectivity index (χ4v) is 1.67. The van der Waals surface area contributed by atoms with Crippen molar-refractivity contribution < 1.29 is 4.79 Å². The van der Waals surface area contributed by atoms with E-state index in [1.807, 2.05) is 19.1 Å². The highest BCUT2D eigenvalue weighted by Gasteiger charge is 2.02. The van der Waals surface area contributed by atoms with Crippen molar-refractivity contribution in [2.45, 2.75) is 19.8 Å². The molecule has 17 heavy (non-hydrogen) atoms. The average molecular weight is 322 g/mol. The Bertz CT molecular complexity index is 372. The summed E-state index contributed by atoms with van der Waals surface area (Å²) in [7, 11) is 0. The van der Waals surface area contributed by atoms with E-state index in [0.717, 1.165) is 10.9 Å². The first kappa shape index (κ1) is 16.4. The van der Waals surface area contributed by atoms with Crippen molar-refractivity contribution in [3.63, 3.8) is 0 Å². The first-order valence-corrected chi connectivity index (χ1v) is 6.14. The summed E-state index contributed by atoms with van der Waals surface area (Å²) in [5.74, 6) is 0.0611. The standard InChI is InChI=1S/C12H17BrN2O.ClH/c1-9-8-10(2-4-11(9)13)3-5-12(16)15-7-6-14;/h2,4,8H,3,5-7,14H2,1H3,(H,15,16);1H. The lowest BCUT2D eigenvalue weighted by molar-refractivity contribution is -0.120. The molecule has 96 valence electrons. The maximum Gasteiger partial charge on any atom is 0.220 e. The van der Waals surface area contributed by atoms with Crippen LogP contribution in [0.2, 0.25) is 0 Å². The number of rotatable bonds is 5. The smallest absolute Gasteiger partial charge is 0.220 e. The molecule has 0 aliphatic rings. The molecule has 0 saturated heterocycles. The van der Waals surface area contributed by atoms with Gasteiger partial charge in [0.25, 0.3) is 0 Å². The van der Waals surface area contributed by atoms with Crippen molar-refractivity contribution in [3.8, 4) is 0 Å². The lowest BCUT2D eigenvalue weighted by Gasteiger charge is -2.05. The van der Waals surface area contributed by atoms with Crippen molar-refractivity contribution in [1.29, 1.82) is 0 Å². The van der Waals surface area contributed by atoms with Gasteiger partial charge in [0.15, 0.2) is 0 Å². The van der Waals surface area contributed by atoms with Crippen LogP contribution in [0, 0.1) is 6.92 Å². The molecule has 0 saturated carbocycles. The van der Waals surface area contributed by atoms with E-state index < -0.39 is 0 Å². The van der Waals surface area contributed by atoms with Gasteiger partial charge in [-0.3, -0.25) is 4.79 Å². The summed E-state index contributed by atoms with van der Waals surface area (Å²) in [6, 6.07) is 6.15. The summed E-state index contributed by atoms with van der Waals surface area (Å²) >= 11 is 3.45. The Morgan fingerprint density at radius 1 is 1.47 bits per heavy atom. The zero-order valence-electron chi connectivity index (χ0n) is 9.83. The number of aryl methyl sites for hydroxylation is 2. The molecular weight excluding hydrogens is 304 g/mol. The number of halogens is 2. The molecule has 0 radical (unpaired) electrons. The fraction of sp³-hybridized carbons (Fsp3) is 0.417. The molecule has 0 spiro atoms. The van der Waals surface area contributed by atoms with Crippen molar-refractivity contribution >= 4 is 34.2 Å². The van der Waals surface area contributed by atoms with Crippen molar-refractivity contribution in [3.05, 3.63) is 33.8 Å². The molecule has 0 unspecified atom stereocenters. The molecule has 1 aromatic carbocycles. The first-order valence-electron chi connectivity index (χ1n) is 5.35. The summed E-state index contributed by atoms with van der Waals surface area (Å²) in [6.45, 7) is 3.09. The lowest BCUT2D eigenvalue weighted by atomic mass is 10.1. The number of hydrogen-bond acceptors (Lipinski definition) is 2. The Labute approximate surface area is 117 Å². The van der Waals surface area contributed by atoms with E-state index in [9.17, 15) is 4.79 Å². The zero-order chi connectivity index (χ0) is 12.0. The van der Waals surface area contributed by atoms with Gasteiger partial charge in [-0.2, -0.15) is 0 Å². The number of carbonyl (C=O) groups excluding carboxylic acids is 1. The number of nitrogens with two attached hydrogens (primary N) is 1. The normalized spacial score (nSPS) is 9.59. The lowest BCUT2D eigenvalue weighted by Crippen LogP contribution is -2.29. The number of carbonyl (C=O) groups is 1. The predicted octanol–water partition coefficient (Wildman–Crippen LogP) is 2.19. The SMILES string of the molecule is Cc1cc(CCC(=O)NCCN)ccc1Br.Cl. The molecule has 0 aliphatic heterocycles. The van der Waals surface area contributed by atoms with Crippen LogP contribution in [-0.4, -0.2) is 19.0 Å². The zero-order valence-corrected chi connectivity index (χ0v) is 12.2. The van der Waals surface area contributed by atoms with E-state index in [0.29, 0.717) is 19.5 Å². The summed E-state index contributed by atoms with van der Waals surface area (Å²) in [6.07, 6.45) is 1.28. The van der Waals surface area contributed by atoms with Crippen LogP contribution in [0.3, 0.4) is 0 Å². The molecule has 1 amide bonds. The molecular formula is C12H18BrClN2O. The van der Waals surface area contributed by atoms with Gasteiger partial charge in [-0.1, -0.05) is 28.1 Å². The minimum Gasteiger partial charge on any atom is -0.355 e. The Kier molecular flexibility index (Phi) is 8.21. The summed E-state index contributed by atoms with van der Waals surface area (Å²) in [5.41, 5.74) is 7.68. The second-order valence-electron chi connectivity index (χ2n) is 3.72. The van der Waals surface area contributed by atoms with Crippen LogP contribution in [0.25, 0.3) is 0 Å². The van der Waals surface area contributed by atoms with Crippen LogP contribution in [0.15, 0.2) is 22.7 Å². The summed E-state index contributed by atoms with van der Waals surface area (Å²) < 4.78 is 1.10. The van der Waals surface area contributed by atoms with Gasteiger partial charge in [0.05, 0.1) is 0 Å². The number of amides is 1. The summed E-state index contributed by atoms with van der Waals surface area (Å²) in [5, 5.41) is 2.76. The van der Waals surface area contributed by atoms with Gasteiger partial charge < -0.3 is 11.1 Å². The monoisotopic (exact) mass is 320 g/mol. The average Bonchev–Trinajstić information content (AvgIpc) is 2.28. The minimum absolute atomic E-state index is 0. The molecule has 5 heteroatoms. The van der Waals surface area contributed by atoms with E-state index in [1.54, 1.807) is 0 Å². The topological polar surface area (TPSA) is 55.1 Å².